The number of carbonyl (C=O) groups is 1. The zero-order chi connectivity index (χ0) is 22.1. The van der Waals surface area contributed by atoms with Crippen molar-refractivity contribution in [2.45, 2.75) is 0 Å². The van der Waals surface area contributed by atoms with Gasteiger partial charge in [0, 0.05) is 4.47 Å². The van der Waals surface area contributed by atoms with Gasteiger partial charge in [0.1, 0.15) is 11.0 Å². The minimum atomic E-state index is -0.554. The van der Waals surface area contributed by atoms with Crippen molar-refractivity contribution in [1.82, 2.24) is 9.97 Å². The maximum atomic E-state index is 13.5. The van der Waals surface area contributed by atoms with Gasteiger partial charge in [0.15, 0.2) is 5.75 Å². The molecule has 4 aromatic carbocycles. The number of para-hydroxylation sites is 4. The summed E-state index contributed by atoms with van der Waals surface area (Å²) in [5.41, 5.74) is 3.95. The molecule has 0 saturated heterocycles. The average molecular weight is 549 g/mol. The zero-order valence-corrected chi connectivity index (χ0v) is 19.7. The van der Waals surface area contributed by atoms with E-state index in [-0.39, 0.29) is 0 Å². The van der Waals surface area contributed by atoms with E-state index < -0.39 is 6.09 Å². The topological polar surface area (TPSA) is 55.3 Å². The van der Waals surface area contributed by atoms with Crippen molar-refractivity contribution in [3.05, 3.63) is 99.9 Å². The molecule has 0 spiro atoms. The Bertz CT molecular complexity index is 1400. The van der Waals surface area contributed by atoms with Crippen molar-refractivity contribution in [3.8, 4) is 5.75 Å². The second-order valence-electron chi connectivity index (χ2n) is 6.95. The van der Waals surface area contributed by atoms with Crippen LogP contribution in [0, 0.1) is 0 Å². The highest BCUT2D eigenvalue weighted by atomic mass is 79.9. The molecule has 32 heavy (non-hydrogen) atoms. The van der Waals surface area contributed by atoms with E-state index in [1.54, 1.807) is 0 Å². The molecule has 5 rings (SSSR count). The van der Waals surface area contributed by atoms with Crippen LogP contribution in [0.5, 0.6) is 5.75 Å². The summed E-state index contributed by atoms with van der Waals surface area (Å²) < 4.78 is 7.29. The van der Waals surface area contributed by atoms with Crippen LogP contribution in [-0.2, 0) is 0 Å². The van der Waals surface area contributed by atoms with Crippen LogP contribution in [0.4, 0.5) is 16.2 Å². The lowest BCUT2D eigenvalue weighted by Gasteiger charge is -2.23. The number of hydrogen-bond donors (Lipinski definition) is 0. The van der Waals surface area contributed by atoms with Crippen LogP contribution in [-0.4, -0.2) is 16.1 Å². The summed E-state index contributed by atoms with van der Waals surface area (Å²) >= 11 is 7.08. The maximum Gasteiger partial charge on any atom is 0.424 e. The lowest BCUT2D eigenvalue weighted by atomic mass is 10.2. The number of rotatable bonds is 3. The molecule has 0 radical (unpaired) electrons. The fourth-order valence-corrected chi connectivity index (χ4v) is 4.74. The molecule has 0 bridgehead atoms. The molecule has 0 saturated carbocycles. The molecule has 1 heterocycles. The van der Waals surface area contributed by atoms with Gasteiger partial charge in [-0.15, -0.1) is 0 Å². The molecular weight excluding hydrogens is 534 g/mol. The number of aromatic nitrogens is 2. The van der Waals surface area contributed by atoms with E-state index in [4.69, 9.17) is 14.7 Å². The van der Waals surface area contributed by atoms with Gasteiger partial charge in [-0.05, 0) is 74.3 Å². The van der Waals surface area contributed by atoms with Gasteiger partial charge in [0.05, 0.1) is 26.9 Å². The van der Waals surface area contributed by atoms with Crippen molar-refractivity contribution < 1.29 is 9.53 Å². The van der Waals surface area contributed by atoms with Crippen molar-refractivity contribution in [1.29, 1.82) is 0 Å². The van der Waals surface area contributed by atoms with Crippen LogP contribution < -0.4 is 9.64 Å². The fraction of sp³-hybridized carbons (Fsp3) is 0. The lowest BCUT2D eigenvalue weighted by Crippen LogP contribution is -2.29. The smallest absolute Gasteiger partial charge is 0.406 e. The molecule has 0 unspecified atom stereocenters. The van der Waals surface area contributed by atoms with Crippen molar-refractivity contribution in [3.63, 3.8) is 0 Å². The quantitative estimate of drug-likeness (QED) is 0.217. The van der Waals surface area contributed by atoms with Crippen molar-refractivity contribution >= 4 is 71.4 Å². The van der Waals surface area contributed by atoms with E-state index in [1.165, 1.54) is 4.90 Å². The Balaban J connectivity index is 1.64. The number of carbonyl (C=O) groups excluding carboxylic acids is 1. The Kier molecular flexibility index (Phi) is 5.59. The van der Waals surface area contributed by atoms with E-state index >= 15 is 0 Å². The van der Waals surface area contributed by atoms with Gasteiger partial charge >= 0.3 is 6.09 Å². The molecular formula is C25H15Br2N3O2. The predicted octanol–water partition coefficient (Wildman–Crippen LogP) is 7.65. The summed E-state index contributed by atoms with van der Waals surface area (Å²) in [5.74, 6) is 0.309. The molecule has 156 valence electrons. The molecule has 0 fully saturated rings. The summed E-state index contributed by atoms with van der Waals surface area (Å²) in [6, 6.07) is 28.1. The van der Waals surface area contributed by atoms with E-state index in [2.05, 4.69) is 31.9 Å². The van der Waals surface area contributed by atoms with E-state index in [0.717, 1.165) is 9.99 Å². The zero-order valence-electron chi connectivity index (χ0n) is 16.6. The molecule has 1 amide bonds. The third kappa shape index (κ3) is 3.85. The number of amides is 1. The van der Waals surface area contributed by atoms with Gasteiger partial charge in [-0.1, -0.05) is 48.5 Å². The highest BCUT2D eigenvalue weighted by Gasteiger charge is 2.24. The van der Waals surface area contributed by atoms with Gasteiger partial charge in [-0.2, -0.15) is 0 Å². The molecule has 5 aromatic rings. The largest absolute Gasteiger partial charge is 0.424 e. The SMILES string of the molecule is O=C(Oc1c(Br)cc(Br)c2nc3ccccc3nc12)N(c1ccccc1)c1ccccc1. The summed E-state index contributed by atoms with van der Waals surface area (Å²) in [7, 11) is 0. The van der Waals surface area contributed by atoms with Gasteiger partial charge in [0.2, 0.25) is 0 Å². The minimum Gasteiger partial charge on any atom is -0.406 e. The second kappa shape index (κ2) is 8.68. The molecule has 0 aliphatic rings. The van der Waals surface area contributed by atoms with Crippen LogP contribution in [0.1, 0.15) is 0 Å². The summed E-state index contributed by atoms with van der Waals surface area (Å²) in [6.45, 7) is 0. The lowest BCUT2D eigenvalue weighted by molar-refractivity contribution is 0.210. The fourth-order valence-electron chi connectivity index (χ4n) is 3.43. The van der Waals surface area contributed by atoms with Crippen LogP contribution in [0.25, 0.3) is 22.1 Å². The Morgan fingerprint density at radius 2 is 1.19 bits per heavy atom. The first kappa shape index (κ1) is 20.6. The molecule has 0 aliphatic carbocycles. The summed E-state index contributed by atoms with van der Waals surface area (Å²) in [4.78, 5) is 24.5. The van der Waals surface area contributed by atoms with Crippen molar-refractivity contribution in [2.75, 3.05) is 4.90 Å². The first-order valence-electron chi connectivity index (χ1n) is 9.78. The van der Waals surface area contributed by atoms with Gasteiger partial charge in [-0.25, -0.2) is 19.7 Å². The molecule has 0 N–H and O–H groups in total. The number of fused-ring (bicyclic) bond motifs is 2. The number of ether oxygens (including phenoxy) is 1. The van der Waals surface area contributed by atoms with Crippen LogP contribution in [0.2, 0.25) is 0 Å². The number of nitrogens with zero attached hydrogens (tertiary/aromatic N) is 3. The number of hydrogen-bond acceptors (Lipinski definition) is 4. The monoisotopic (exact) mass is 547 g/mol. The summed E-state index contributed by atoms with van der Waals surface area (Å²) in [6.07, 6.45) is -0.554. The Labute approximate surface area is 200 Å². The predicted molar refractivity (Wildman–Crippen MR) is 133 cm³/mol. The standard InChI is InChI=1S/C25H15Br2N3O2/c26-18-15-19(27)24(23-22(18)28-20-13-7-8-14-21(20)29-23)32-25(31)30(16-9-3-1-4-10-16)17-11-5-2-6-12-17/h1-15H. The van der Waals surface area contributed by atoms with Gasteiger partial charge < -0.3 is 4.74 Å². The minimum absolute atomic E-state index is 0.309. The number of halogens is 2. The highest BCUT2D eigenvalue weighted by molar-refractivity contribution is 9.11. The Morgan fingerprint density at radius 3 is 1.75 bits per heavy atom. The first-order chi connectivity index (χ1) is 15.6. The van der Waals surface area contributed by atoms with Crippen molar-refractivity contribution in [2.24, 2.45) is 0 Å². The molecule has 0 aliphatic heterocycles. The second-order valence-corrected chi connectivity index (χ2v) is 8.66. The Hall–Kier alpha value is -3.29. The van der Waals surface area contributed by atoms with E-state index in [9.17, 15) is 4.79 Å². The number of benzene rings is 4. The van der Waals surface area contributed by atoms with Crippen LogP contribution in [0.3, 0.4) is 0 Å². The summed E-state index contributed by atoms with van der Waals surface area (Å²) in [5, 5.41) is 0. The number of anilines is 2. The first-order valence-corrected chi connectivity index (χ1v) is 11.4. The average Bonchev–Trinajstić information content (AvgIpc) is 2.82. The molecule has 1 aromatic heterocycles. The highest BCUT2D eigenvalue weighted by Crippen LogP contribution is 2.38. The normalized spacial score (nSPS) is 10.9. The van der Waals surface area contributed by atoms with E-state index in [0.29, 0.717) is 38.1 Å². The van der Waals surface area contributed by atoms with Crippen LogP contribution in [0.15, 0.2) is 99.9 Å². The Morgan fingerprint density at radius 1 is 0.688 bits per heavy atom. The molecule has 5 nitrogen and oxygen atoms in total. The maximum absolute atomic E-state index is 13.5. The van der Waals surface area contributed by atoms with Gasteiger partial charge in [-0.3, -0.25) is 0 Å². The van der Waals surface area contributed by atoms with Gasteiger partial charge in [0.25, 0.3) is 0 Å². The van der Waals surface area contributed by atoms with E-state index in [1.807, 2.05) is 91.0 Å². The van der Waals surface area contributed by atoms with Crippen LogP contribution >= 0.6 is 31.9 Å². The molecule has 0 atom stereocenters. The third-order valence-electron chi connectivity index (χ3n) is 4.88. The third-order valence-corrected chi connectivity index (χ3v) is 6.08. The molecule has 7 heteroatoms.